The van der Waals surface area contributed by atoms with Crippen LogP contribution in [0.2, 0.25) is 0 Å². The lowest BCUT2D eigenvalue weighted by Crippen LogP contribution is -2.26. The first kappa shape index (κ1) is 9.68. The zero-order chi connectivity index (χ0) is 9.97. The van der Waals surface area contributed by atoms with E-state index >= 15 is 0 Å². The Morgan fingerprint density at radius 2 is 2.43 bits per heavy atom. The number of hydrogen-bond acceptors (Lipinski definition) is 3. The van der Waals surface area contributed by atoms with Gasteiger partial charge in [0, 0.05) is 38.6 Å². The Hall–Kier alpha value is -0.870. The van der Waals surface area contributed by atoms with Crippen LogP contribution in [0.15, 0.2) is 12.4 Å². The van der Waals surface area contributed by atoms with Crippen molar-refractivity contribution in [3.8, 4) is 0 Å². The third-order valence-corrected chi connectivity index (χ3v) is 2.83. The van der Waals surface area contributed by atoms with E-state index in [1.165, 1.54) is 0 Å². The molecule has 0 amide bonds. The molecule has 4 heteroatoms. The quantitative estimate of drug-likeness (QED) is 0.752. The second-order valence-electron chi connectivity index (χ2n) is 3.91. The average Bonchev–Trinajstić information content (AvgIpc) is 2.72. The molecule has 1 saturated heterocycles. The highest BCUT2D eigenvalue weighted by Crippen LogP contribution is 2.08. The van der Waals surface area contributed by atoms with Gasteiger partial charge in [-0.1, -0.05) is 0 Å². The summed E-state index contributed by atoms with van der Waals surface area (Å²) in [5.74, 6) is 1.06. The fourth-order valence-electron chi connectivity index (χ4n) is 1.90. The highest BCUT2D eigenvalue weighted by atomic mass is 16.3. The molecule has 2 rings (SSSR count). The summed E-state index contributed by atoms with van der Waals surface area (Å²) in [5, 5.41) is 9.35. The van der Waals surface area contributed by atoms with Gasteiger partial charge in [-0.05, 0) is 13.3 Å². The minimum Gasteiger partial charge on any atom is -0.392 e. The minimum absolute atomic E-state index is 0.112. The van der Waals surface area contributed by atoms with Crippen molar-refractivity contribution in [2.45, 2.75) is 26.0 Å². The normalized spacial score (nSPS) is 23.1. The number of nitrogens with zero attached hydrogens (tertiary/aromatic N) is 3. The maximum absolute atomic E-state index is 9.35. The molecule has 78 valence electrons. The topological polar surface area (TPSA) is 41.3 Å². The summed E-state index contributed by atoms with van der Waals surface area (Å²) in [5.41, 5.74) is 0. The Balaban J connectivity index is 1.80. The Morgan fingerprint density at radius 1 is 1.57 bits per heavy atom. The molecule has 14 heavy (non-hydrogen) atoms. The number of rotatable bonds is 3. The molecular formula is C10H17N3O. The zero-order valence-electron chi connectivity index (χ0n) is 8.56. The molecule has 1 aromatic rings. The number of aliphatic hydroxyl groups excluding tert-OH is 1. The molecule has 1 aliphatic rings. The molecule has 0 aliphatic carbocycles. The summed E-state index contributed by atoms with van der Waals surface area (Å²) in [7, 11) is 0. The lowest BCUT2D eigenvalue weighted by molar-refractivity contribution is 0.175. The monoisotopic (exact) mass is 195 g/mol. The number of β-amino-alcohol motifs (C(OH)–C–C–N with tert-alkyl or cyclic N) is 1. The van der Waals surface area contributed by atoms with E-state index in [1.54, 1.807) is 0 Å². The van der Waals surface area contributed by atoms with Crippen molar-refractivity contribution in [3.05, 3.63) is 18.2 Å². The van der Waals surface area contributed by atoms with Gasteiger partial charge in [0.05, 0.1) is 6.10 Å². The third-order valence-electron chi connectivity index (χ3n) is 2.83. The summed E-state index contributed by atoms with van der Waals surface area (Å²) < 4.78 is 2.14. The molecule has 0 bridgehead atoms. The molecular weight excluding hydrogens is 178 g/mol. The van der Waals surface area contributed by atoms with E-state index in [0.29, 0.717) is 0 Å². The number of likely N-dealkylation sites (tertiary alicyclic amines) is 1. The van der Waals surface area contributed by atoms with Gasteiger partial charge in [0.1, 0.15) is 5.82 Å². The number of aryl methyl sites for hydroxylation is 1. The largest absolute Gasteiger partial charge is 0.392 e. The highest BCUT2D eigenvalue weighted by molar-refractivity contribution is 4.88. The van der Waals surface area contributed by atoms with Gasteiger partial charge < -0.3 is 9.67 Å². The first-order chi connectivity index (χ1) is 6.75. The Morgan fingerprint density at radius 3 is 3.00 bits per heavy atom. The predicted octanol–water partition coefficient (Wildman–Crippen LogP) is 0.258. The van der Waals surface area contributed by atoms with Crippen LogP contribution in [-0.2, 0) is 6.54 Å². The Bertz CT molecular complexity index is 297. The van der Waals surface area contributed by atoms with E-state index in [4.69, 9.17) is 0 Å². The standard InChI is InChI=1S/C10H17N3O/c1-9-11-3-5-13(9)7-6-12-4-2-10(14)8-12/h3,5,10,14H,2,4,6-8H2,1H3. The molecule has 1 atom stereocenters. The molecule has 4 nitrogen and oxygen atoms in total. The SMILES string of the molecule is Cc1nccn1CCN1CCC(O)C1. The number of imidazole rings is 1. The second-order valence-corrected chi connectivity index (χ2v) is 3.91. The number of aromatic nitrogens is 2. The number of hydrogen-bond donors (Lipinski definition) is 1. The first-order valence-corrected chi connectivity index (χ1v) is 5.14. The third kappa shape index (κ3) is 2.13. The second kappa shape index (κ2) is 4.11. The van der Waals surface area contributed by atoms with Crippen molar-refractivity contribution in [2.24, 2.45) is 0 Å². The summed E-state index contributed by atoms with van der Waals surface area (Å²) in [4.78, 5) is 6.47. The van der Waals surface area contributed by atoms with Crippen LogP contribution < -0.4 is 0 Å². The smallest absolute Gasteiger partial charge is 0.105 e. The lowest BCUT2D eigenvalue weighted by atomic mass is 10.3. The van der Waals surface area contributed by atoms with Gasteiger partial charge in [-0.2, -0.15) is 0 Å². The first-order valence-electron chi connectivity index (χ1n) is 5.14. The molecule has 1 N–H and O–H groups in total. The Kier molecular flexibility index (Phi) is 2.84. The van der Waals surface area contributed by atoms with Crippen molar-refractivity contribution in [1.29, 1.82) is 0 Å². The van der Waals surface area contributed by atoms with E-state index in [9.17, 15) is 5.11 Å². The average molecular weight is 195 g/mol. The molecule has 1 aromatic heterocycles. The molecule has 1 unspecified atom stereocenters. The highest BCUT2D eigenvalue weighted by Gasteiger charge is 2.19. The van der Waals surface area contributed by atoms with Gasteiger partial charge in [0.15, 0.2) is 0 Å². The van der Waals surface area contributed by atoms with Crippen LogP contribution in [0.1, 0.15) is 12.2 Å². The van der Waals surface area contributed by atoms with Gasteiger partial charge in [-0.15, -0.1) is 0 Å². The molecule has 1 fully saturated rings. The van der Waals surface area contributed by atoms with Crippen LogP contribution in [0.4, 0.5) is 0 Å². The van der Waals surface area contributed by atoms with Crippen molar-refractivity contribution in [2.75, 3.05) is 19.6 Å². The van der Waals surface area contributed by atoms with E-state index in [1.807, 2.05) is 19.3 Å². The molecule has 0 spiro atoms. The van der Waals surface area contributed by atoms with Crippen LogP contribution in [-0.4, -0.2) is 45.3 Å². The van der Waals surface area contributed by atoms with Crippen molar-refractivity contribution < 1.29 is 5.11 Å². The summed E-state index contributed by atoms with van der Waals surface area (Å²) in [6.07, 6.45) is 4.64. The van der Waals surface area contributed by atoms with Gasteiger partial charge in [0.25, 0.3) is 0 Å². The van der Waals surface area contributed by atoms with Crippen LogP contribution in [0, 0.1) is 6.92 Å². The molecule has 0 radical (unpaired) electrons. The van der Waals surface area contributed by atoms with E-state index in [2.05, 4.69) is 14.5 Å². The van der Waals surface area contributed by atoms with Gasteiger partial charge in [-0.3, -0.25) is 4.90 Å². The lowest BCUT2D eigenvalue weighted by Gasteiger charge is -2.15. The van der Waals surface area contributed by atoms with Crippen molar-refractivity contribution in [3.63, 3.8) is 0 Å². The van der Waals surface area contributed by atoms with Gasteiger partial charge in [-0.25, -0.2) is 4.98 Å². The van der Waals surface area contributed by atoms with Gasteiger partial charge in [0.2, 0.25) is 0 Å². The number of aliphatic hydroxyl groups is 1. The van der Waals surface area contributed by atoms with Crippen LogP contribution in [0.3, 0.4) is 0 Å². The summed E-state index contributed by atoms with van der Waals surface area (Å²) in [6.45, 7) is 5.84. The Labute approximate surface area is 84.2 Å². The fraction of sp³-hybridized carbons (Fsp3) is 0.700. The minimum atomic E-state index is -0.112. The van der Waals surface area contributed by atoms with E-state index in [-0.39, 0.29) is 6.10 Å². The fourth-order valence-corrected chi connectivity index (χ4v) is 1.90. The summed E-state index contributed by atoms with van der Waals surface area (Å²) >= 11 is 0. The van der Waals surface area contributed by atoms with Crippen LogP contribution >= 0.6 is 0 Å². The van der Waals surface area contributed by atoms with E-state index < -0.39 is 0 Å². The molecule has 0 saturated carbocycles. The summed E-state index contributed by atoms with van der Waals surface area (Å²) in [6, 6.07) is 0. The molecule has 0 aromatic carbocycles. The van der Waals surface area contributed by atoms with Crippen molar-refractivity contribution >= 4 is 0 Å². The zero-order valence-corrected chi connectivity index (χ0v) is 8.56. The predicted molar refractivity (Wildman–Crippen MR) is 54.0 cm³/mol. The van der Waals surface area contributed by atoms with Crippen LogP contribution in [0.25, 0.3) is 0 Å². The van der Waals surface area contributed by atoms with Crippen molar-refractivity contribution in [1.82, 2.24) is 14.5 Å². The molecule has 2 heterocycles. The van der Waals surface area contributed by atoms with Crippen LogP contribution in [0.5, 0.6) is 0 Å². The maximum atomic E-state index is 9.35. The molecule has 1 aliphatic heterocycles. The van der Waals surface area contributed by atoms with Gasteiger partial charge >= 0.3 is 0 Å². The van der Waals surface area contributed by atoms with E-state index in [0.717, 1.165) is 38.4 Å². The maximum Gasteiger partial charge on any atom is 0.105 e.